The van der Waals surface area contributed by atoms with Gasteiger partial charge in [-0.3, -0.25) is 14.4 Å². The molecule has 3 amide bonds. The summed E-state index contributed by atoms with van der Waals surface area (Å²) in [4.78, 5) is 48.9. The van der Waals surface area contributed by atoms with Gasteiger partial charge in [-0.1, -0.05) is 45.8 Å². The number of ether oxygens (including phenoxy) is 2. The van der Waals surface area contributed by atoms with Crippen molar-refractivity contribution in [1.29, 1.82) is 0 Å². The third-order valence-corrected chi connectivity index (χ3v) is 9.99. The van der Waals surface area contributed by atoms with Crippen LogP contribution in [0.1, 0.15) is 66.7 Å². The average Bonchev–Trinajstić information content (AvgIpc) is 3.66. The molecule has 0 aliphatic carbocycles. The normalized spacial score (nSPS) is 27.4. The van der Waals surface area contributed by atoms with Crippen LogP contribution in [0.3, 0.4) is 0 Å². The smallest absolute Gasteiger partial charge is 0.248 e. The van der Waals surface area contributed by atoms with E-state index in [1.807, 2.05) is 52.0 Å². The fourth-order valence-corrected chi connectivity index (χ4v) is 7.70. The number of aliphatic hydroxyl groups excluding tert-OH is 1. The fraction of sp³-hybridized carbons (Fsp3) is 0.629. The zero-order chi connectivity index (χ0) is 32.2. The van der Waals surface area contributed by atoms with Gasteiger partial charge < -0.3 is 29.3 Å². The fourth-order valence-electron chi connectivity index (χ4n) is 7.70. The average molecular weight is 610 g/mol. The summed E-state index contributed by atoms with van der Waals surface area (Å²) in [6.45, 7) is 18.6. The molecule has 1 aromatic carbocycles. The molecule has 3 fully saturated rings. The van der Waals surface area contributed by atoms with Gasteiger partial charge in [0.25, 0.3) is 0 Å². The molecule has 1 N–H and O–H groups in total. The largest absolute Gasteiger partial charge is 0.494 e. The number of anilines is 1. The highest BCUT2D eigenvalue weighted by atomic mass is 16.5. The first-order valence-electron chi connectivity index (χ1n) is 16.3. The van der Waals surface area contributed by atoms with E-state index in [1.165, 1.54) is 0 Å². The molecule has 3 aliphatic heterocycles. The van der Waals surface area contributed by atoms with Gasteiger partial charge in [0.1, 0.15) is 17.4 Å². The SMILES string of the molecule is C=CCN(C(=O)[C@@H]1[C@H]2C(=O)N([C@@H](CO)[C@@H](C)CC)C(C(=O)N(CC=C)C(C)CCC)C23CC[C@H]1O3)c1ccc(OCC)cc1. The van der Waals surface area contributed by atoms with Crippen molar-refractivity contribution in [3.8, 4) is 5.75 Å². The van der Waals surface area contributed by atoms with Crippen LogP contribution in [0, 0.1) is 17.8 Å². The van der Waals surface area contributed by atoms with Crippen LogP contribution < -0.4 is 9.64 Å². The molecule has 3 heterocycles. The Kier molecular flexibility index (Phi) is 10.9. The van der Waals surface area contributed by atoms with Gasteiger partial charge in [0, 0.05) is 24.8 Å². The lowest BCUT2D eigenvalue weighted by atomic mass is 9.70. The van der Waals surface area contributed by atoms with Crippen molar-refractivity contribution >= 4 is 23.4 Å². The highest BCUT2D eigenvalue weighted by Gasteiger charge is 2.75. The molecular weight excluding hydrogens is 558 g/mol. The minimum absolute atomic E-state index is 0.0668. The first kappa shape index (κ1) is 33.7. The summed E-state index contributed by atoms with van der Waals surface area (Å²) >= 11 is 0. The predicted octanol–water partition coefficient (Wildman–Crippen LogP) is 4.59. The third kappa shape index (κ3) is 5.81. The van der Waals surface area contributed by atoms with Gasteiger partial charge in [0.05, 0.1) is 37.2 Å². The molecule has 0 radical (unpaired) electrons. The van der Waals surface area contributed by atoms with Crippen LogP contribution in [0.15, 0.2) is 49.6 Å². The molecule has 0 aromatic heterocycles. The highest BCUT2D eigenvalue weighted by molar-refractivity contribution is 6.03. The van der Waals surface area contributed by atoms with Crippen molar-refractivity contribution < 1.29 is 29.0 Å². The molecule has 242 valence electrons. The molecule has 44 heavy (non-hydrogen) atoms. The molecule has 1 spiro atoms. The quantitative estimate of drug-likeness (QED) is 0.275. The van der Waals surface area contributed by atoms with E-state index in [1.54, 1.807) is 26.9 Å². The Bertz CT molecular complexity index is 1200. The van der Waals surface area contributed by atoms with E-state index < -0.39 is 35.6 Å². The second-order valence-electron chi connectivity index (χ2n) is 12.5. The summed E-state index contributed by atoms with van der Waals surface area (Å²) in [6.07, 6.45) is 6.37. The maximum Gasteiger partial charge on any atom is 0.248 e. The molecule has 1 aromatic rings. The molecular formula is C35H51N3O6. The summed E-state index contributed by atoms with van der Waals surface area (Å²) in [7, 11) is 0. The van der Waals surface area contributed by atoms with E-state index in [0.717, 1.165) is 12.8 Å². The Balaban J connectivity index is 1.79. The summed E-state index contributed by atoms with van der Waals surface area (Å²) in [5, 5.41) is 10.6. The van der Waals surface area contributed by atoms with Crippen molar-refractivity contribution in [3.05, 3.63) is 49.6 Å². The minimum Gasteiger partial charge on any atom is -0.494 e. The minimum atomic E-state index is -1.15. The van der Waals surface area contributed by atoms with Crippen LogP contribution in [-0.2, 0) is 19.1 Å². The number of nitrogens with zero attached hydrogens (tertiary/aromatic N) is 3. The van der Waals surface area contributed by atoms with Crippen LogP contribution in [0.4, 0.5) is 5.69 Å². The van der Waals surface area contributed by atoms with Crippen molar-refractivity contribution in [2.75, 3.05) is 31.2 Å². The predicted molar refractivity (Wildman–Crippen MR) is 171 cm³/mol. The topological polar surface area (TPSA) is 99.6 Å². The maximum absolute atomic E-state index is 14.7. The number of aliphatic hydroxyl groups is 1. The molecule has 3 saturated heterocycles. The summed E-state index contributed by atoms with van der Waals surface area (Å²) in [5.41, 5.74) is -0.479. The van der Waals surface area contributed by atoms with Crippen LogP contribution in [0.25, 0.3) is 0 Å². The number of hydrogen-bond acceptors (Lipinski definition) is 6. The van der Waals surface area contributed by atoms with Gasteiger partial charge in [-0.15, -0.1) is 13.2 Å². The van der Waals surface area contributed by atoms with E-state index in [4.69, 9.17) is 9.47 Å². The van der Waals surface area contributed by atoms with E-state index in [2.05, 4.69) is 20.1 Å². The Hall–Kier alpha value is -3.17. The van der Waals surface area contributed by atoms with Crippen molar-refractivity contribution in [2.24, 2.45) is 17.8 Å². The first-order valence-corrected chi connectivity index (χ1v) is 16.3. The Morgan fingerprint density at radius 1 is 1.14 bits per heavy atom. The zero-order valence-corrected chi connectivity index (χ0v) is 27.1. The van der Waals surface area contributed by atoms with Crippen molar-refractivity contribution in [1.82, 2.24) is 9.80 Å². The molecule has 0 saturated carbocycles. The number of benzene rings is 1. The molecule has 3 unspecified atom stereocenters. The van der Waals surface area contributed by atoms with Crippen LogP contribution >= 0.6 is 0 Å². The van der Waals surface area contributed by atoms with E-state index >= 15 is 0 Å². The number of hydrogen-bond donors (Lipinski definition) is 1. The van der Waals surface area contributed by atoms with Crippen LogP contribution in [0.5, 0.6) is 5.75 Å². The zero-order valence-electron chi connectivity index (χ0n) is 27.1. The summed E-state index contributed by atoms with van der Waals surface area (Å²) < 4.78 is 12.3. The van der Waals surface area contributed by atoms with Gasteiger partial charge in [-0.2, -0.15) is 0 Å². The maximum atomic E-state index is 14.7. The molecule has 9 nitrogen and oxygen atoms in total. The van der Waals surface area contributed by atoms with Gasteiger partial charge in [0.15, 0.2) is 0 Å². The first-order chi connectivity index (χ1) is 21.1. The van der Waals surface area contributed by atoms with Crippen molar-refractivity contribution in [2.45, 2.75) is 96.6 Å². The molecule has 9 heteroatoms. The molecule has 4 rings (SSSR count). The molecule has 8 atom stereocenters. The second kappa shape index (κ2) is 14.3. The summed E-state index contributed by atoms with van der Waals surface area (Å²) in [5.74, 6) is -1.67. The summed E-state index contributed by atoms with van der Waals surface area (Å²) in [6, 6.07) is 5.71. The number of carbonyl (C=O) groups is 3. The Morgan fingerprint density at radius 3 is 2.39 bits per heavy atom. The van der Waals surface area contributed by atoms with Gasteiger partial charge >= 0.3 is 0 Å². The second-order valence-corrected chi connectivity index (χ2v) is 12.5. The molecule has 2 bridgehead atoms. The van der Waals surface area contributed by atoms with Gasteiger partial charge in [-0.25, -0.2) is 0 Å². The van der Waals surface area contributed by atoms with E-state index in [9.17, 15) is 19.5 Å². The Labute approximate surface area is 262 Å². The number of amides is 3. The third-order valence-electron chi connectivity index (χ3n) is 9.99. The monoisotopic (exact) mass is 609 g/mol. The van der Waals surface area contributed by atoms with E-state index in [0.29, 0.717) is 43.9 Å². The molecule has 3 aliphatic rings. The lowest BCUT2D eigenvalue weighted by Crippen LogP contribution is -2.60. The number of carbonyl (C=O) groups excluding carboxylic acids is 3. The number of rotatable bonds is 16. The van der Waals surface area contributed by atoms with Crippen molar-refractivity contribution in [3.63, 3.8) is 0 Å². The lowest BCUT2D eigenvalue weighted by Gasteiger charge is -2.42. The Morgan fingerprint density at radius 2 is 1.82 bits per heavy atom. The van der Waals surface area contributed by atoms with Gasteiger partial charge in [0.2, 0.25) is 17.7 Å². The standard InChI is InChI=1S/C35H51N3O6/c1-8-13-24(7)36(20-9-2)34(42)31-35-19-18-28(44-35)29(30(35)33(41)38(31)27(22-39)23(6)11-4)32(40)37(21-10-3)25-14-16-26(17-15-25)43-12-5/h9-10,14-17,23-24,27-31,39H,2-3,8,11-13,18-22H2,1,4-7H3/t23-,24?,27-,28+,29-,30-,31?,35?/m0/s1. The van der Waals surface area contributed by atoms with Gasteiger partial charge in [-0.05, 0) is 63.3 Å². The lowest BCUT2D eigenvalue weighted by molar-refractivity contribution is -0.153. The van der Waals surface area contributed by atoms with Crippen LogP contribution in [0.2, 0.25) is 0 Å². The van der Waals surface area contributed by atoms with E-state index in [-0.39, 0.29) is 42.8 Å². The highest BCUT2D eigenvalue weighted by Crippen LogP contribution is 2.59. The van der Waals surface area contributed by atoms with Crippen LogP contribution in [-0.4, -0.2) is 88.8 Å². The number of likely N-dealkylation sites (tertiary alicyclic amines) is 1. The number of fused-ring (bicyclic) bond motifs is 1.